The number of amides is 2. The highest BCUT2D eigenvalue weighted by Crippen LogP contribution is 2.33. The van der Waals surface area contributed by atoms with Crippen molar-refractivity contribution < 1.29 is 28.7 Å². The predicted octanol–water partition coefficient (Wildman–Crippen LogP) is 5.17. The zero-order valence-corrected chi connectivity index (χ0v) is 31.1. The first-order chi connectivity index (χ1) is 22.8. The molecule has 2 saturated heterocycles. The average molecular weight is 704 g/mol. The van der Waals surface area contributed by atoms with Crippen molar-refractivity contribution in [2.75, 3.05) is 33.9 Å². The summed E-state index contributed by atoms with van der Waals surface area (Å²) in [7, 11) is 3.76. The zero-order chi connectivity index (χ0) is 35.0. The van der Waals surface area contributed by atoms with Crippen molar-refractivity contribution >= 4 is 46.2 Å². The Bertz CT molecular complexity index is 1360. The van der Waals surface area contributed by atoms with Gasteiger partial charge in [0.15, 0.2) is 11.9 Å². The largest absolute Gasteiger partial charge is 0.455 e. The number of carbonyl (C=O) groups is 4. The average Bonchev–Trinajstić information content (AvgIpc) is 3.69. The first-order valence-corrected chi connectivity index (χ1v) is 19.0. The molecule has 2 aromatic heterocycles. The standard InChI is InChI=1S/C35H53N5O6S2/c1-21(2)14-25(15-32-36-11-13-47-32)37-33(43)27-20-48-34(38-27)31(46-23(5)41)17-29(22(3)4)40(7)35(44)26(24-18-45-19-24)16-30(42)28-10-8-9-12-39(28)6/h11,13,20-22,24-26,28-29,31H,8-10,12,14-19H2,1-7H3,(H,37,43)/t25-,26+,28-,29-,31-/m1/s1. The van der Waals surface area contributed by atoms with Gasteiger partial charge in [0, 0.05) is 68.2 Å². The van der Waals surface area contributed by atoms with Crippen LogP contribution in [0.1, 0.15) is 99.8 Å². The minimum Gasteiger partial charge on any atom is -0.455 e. The third-order valence-electron chi connectivity index (χ3n) is 9.52. The van der Waals surface area contributed by atoms with Crippen LogP contribution in [0.3, 0.4) is 0 Å². The van der Waals surface area contributed by atoms with E-state index in [0.717, 1.165) is 37.2 Å². The van der Waals surface area contributed by atoms with Crippen LogP contribution in [0.15, 0.2) is 17.0 Å². The Kier molecular flexibility index (Phi) is 14.1. The van der Waals surface area contributed by atoms with E-state index in [4.69, 9.17) is 9.47 Å². The number of aromatic nitrogens is 2. The number of likely N-dealkylation sites (N-methyl/N-ethyl adjacent to an activating group) is 1. The topological polar surface area (TPSA) is 131 Å². The van der Waals surface area contributed by atoms with E-state index < -0.39 is 18.0 Å². The molecule has 0 unspecified atom stereocenters. The number of hydrogen-bond acceptors (Lipinski definition) is 11. The number of ether oxygens (including phenoxy) is 2. The highest BCUT2D eigenvalue weighted by Gasteiger charge is 2.41. The molecule has 0 radical (unpaired) electrons. The molecule has 266 valence electrons. The molecule has 2 aromatic rings. The molecule has 11 nitrogen and oxygen atoms in total. The minimum absolute atomic E-state index is 0.00923. The number of nitrogens with zero attached hydrogens (tertiary/aromatic N) is 4. The fourth-order valence-corrected chi connectivity index (χ4v) is 8.36. The summed E-state index contributed by atoms with van der Waals surface area (Å²) in [4.78, 5) is 66.2. The van der Waals surface area contributed by atoms with Crippen LogP contribution >= 0.6 is 22.7 Å². The molecule has 2 aliphatic rings. The van der Waals surface area contributed by atoms with Crippen molar-refractivity contribution in [1.82, 2.24) is 25.1 Å². The normalized spacial score (nSPS) is 19.7. The van der Waals surface area contributed by atoms with Gasteiger partial charge in [-0.3, -0.25) is 24.1 Å². The number of ketones is 1. The molecule has 2 aliphatic heterocycles. The second kappa shape index (κ2) is 17.8. The molecule has 0 aromatic carbocycles. The maximum Gasteiger partial charge on any atom is 0.303 e. The maximum atomic E-state index is 14.2. The lowest BCUT2D eigenvalue weighted by Crippen LogP contribution is -2.51. The molecular weight excluding hydrogens is 651 g/mol. The van der Waals surface area contributed by atoms with E-state index >= 15 is 0 Å². The number of rotatable bonds is 17. The van der Waals surface area contributed by atoms with Gasteiger partial charge in [-0.05, 0) is 44.7 Å². The van der Waals surface area contributed by atoms with Gasteiger partial charge in [-0.25, -0.2) is 9.97 Å². The summed E-state index contributed by atoms with van der Waals surface area (Å²) in [6, 6.07) is -0.561. The quantitative estimate of drug-likeness (QED) is 0.222. The van der Waals surface area contributed by atoms with Gasteiger partial charge in [-0.1, -0.05) is 34.1 Å². The highest BCUT2D eigenvalue weighted by molar-refractivity contribution is 7.10. The van der Waals surface area contributed by atoms with Crippen LogP contribution in [0.5, 0.6) is 0 Å². The van der Waals surface area contributed by atoms with Crippen molar-refractivity contribution in [3.8, 4) is 0 Å². The van der Waals surface area contributed by atoms with Gasteiger partial charge >= 0.3 is 5.97 Å². The summed E-state index contributed by atoms with van der Waals surface area (Å²) in [6.45, 7) is 11.5. The smallest absolute Gasteiger partial charge is 0.303 e. The van der Waals surface area contributed by atoms with Crippen molar-refractivity contribution in [1.29, 1.82) is 0 Å². The van der Waals surface area contributed by atoms with Gasteiger partial charge < -0.3 is 19.7 Å². The highest BCUT2D eigenvalue weighted by atomic mass is 32.1. The van der Waals surface area contributed by atoms with Crippen molar-refractivity contribution in [3.05, 3.63) is 32.7 Å². The Balaban J connectivity index is 1.48. The third kappa shape index (κ3) is 10.4. The molecule has 48 heavy (non-hydrogen) atoms. The van der Waals surface area contributed by atoms with Crippen molar-refractivity contribution in [2.45, 2.75) is 104 Å². The van der Waals surface area contributed by atoms with Gasteiger partial charge in [0.1, 0.15) is 10.7 Å². The van der Waals surface area contributed by atoms with Crippen LogP contribution in [0.2, 0.25) is 0 Å². The molecule has 0 spiro atoms. The molecule has 1 N–H and O–H groups in total. The number of esters is 1. The Morgan fingerprint density at radius 2 is 1.88 bits per heavy atom. The fourth-order valence-electron chi connectivity index (χ4n) is 6.82. The molecule has 0 saturated carbocycles. The fraction of sp³-hybridized carbons (Fsp3) is 0.714. The summed E-state index contributed by atoms with van der Waals surface area (Å²) in [5.74, 6) is -0.816. The van der Waals surface area contributed by atoms with E-state index in [9.17, 15) is 19.2 Å². The summed E-state index contributed by atoms with van der Waals surface area (Å²) in [5.41, 5.74) is 0.266. The second-order valence-corrected chi connectivity index (χ2v) is 16.0. The SMILES string of the molecule is CC(=O)O[C@H](C[C@H](C(C)C)N(C)C(=O)[C@@H](CC(=O)[C@H]1CCCCN1C)C1COC1)c1nc(C(=O)N[C@@H](Cc2nccs2)CC(C)C)cs1. The number of hydrogen-bond donors (Lipinski definition) is 1. The van der Waals surface area contributed by atoms with E-state index in [1.165, 1.54) is 18.3 Å². The lowest BCUT2D eigenvalue weighted by molar-refractivity contribution is -0.153. The summed E-state index contributed by atoms with van der Waals surface area (Å²) in [6.07, 6.45) is 5.88. The summed E-state index contributed by atoms with van der Waals surface area (Å²) >= 11 is 2.83. The Labute approximate surface area is 293 Å². The molecule has 13 heteroatoms. The summed E-state index contributed by atoms with van der Waals surface area (Å²) < 4.78 is 11.3. The van der Waals surface area contributed by atoms with Gasteiger partial charge in [0.2, 0.25) is 5.91 Å². The van der Waals surface area contributed by atoms with E-state index in [1.807, 2.05) is 26.3 Å². The Morgan fingerprint density at radius 1 is 1.12 bits per heavy atom. The Hall–Kier alpha value is -2.74. The lowest BCUT2D eigenvalue weighted by Gasteiger charge is -2.40. The zero-order valence-electron chi connectivity index (χ0n) is 29.5. The number of piperidine rings is 1. The van der Waals surface area contributed by atoms with Crippen LogP contribution in [-0.4, -0.2) is 95.3 Å². The van der Waals surface area contributed by atoms with Crippen LogP contribution in [0.25, 0.3) is 0 Å². The number of nitrogens with one attached hydrogen (secondary N) is 1. The minimum atomic E-state index is -0.749. The number of likely N-dealkylation sites (tertiary alicyclic amines) is 1. The van der Waals surface area contributed by atoms with Gasteiger partial charge in [-0.2, -0.15) is 0 Å². The number of carbonyl (C=O) groups excluding carboxylic acids is 4. The first kappa shape index (κ1) is 38.1. The van der Waals surface area contributed by atoms with E-state index in [-0.39, 0.29) is 59.7 Å². The van der Waals surface area contributed by atoms with Crippen LogP contribution in [0.4, 0.5) is 0 Å². The third-order valence-corrected chi connectivity index (χ3v) is 11.3. The maximum absolute atomic E-state index is 14.2. The Morgan fingerprint density at radius 3 is 2.46 bits per heavy atom. The second-order valence-electron chi connectivity index (χ2n) is 14.2. The van der Waals surface area contributed by atoms with E-state index in [0.29, 0.717) is 37.0 Å². The van der Waals surface area contributed by atoms with Crippen molar-refractivity contribution in [2.24, 2.45) is 23.7 Å². The van der Waals surface area contributed by atoms with Gasteiger partial charge in [-0.15, -0.1) is 22.7 Å². The van der Waals surface area contributed by atoms with Crippen LogP contribution in [0, 0.1) is 23.7 Å². The lowest BCUT2D eigenvalue weighted by atomic mass is 9.82. The molecule has 4 heterocycles. The van der Waals surface area contributed by atoms with E-state index in [2.05, 4.69) is 34.0 Å². The van der Waals surface area contributed by atoms with E-state index in [1.54, 1.807) is 34.9 Å². The van der Waals surface area contributed by atoms with Crippen LogP contribution < -0.4 is 5.32 Å². The predicted molar refractivity (Wildman–Crippen MR) is 187 cm³/mol. The van der Waals surface area contributed by atoms with Crippen LogP contribution in [-0.2, 0) is 30.3 Å². The van der Waals surface area contributed by atoms with Gasteiger partial charge in [0.25, 0.3) is 5.91 Å². The summed E-state index contributed by atoms with van der Waals surface area (Å²) in [5, 5.41) is 8.22. The van der Waals surface area contributed by atoms with Gasteiger partial charge in [0.05, 0.1) is 30.2 Å². The molecule has 0 aliphatic carbocycles. The number of thiazole rings is 2. The molecule has 5 atom stereocenters. The molecule has 0 bridgehead atoms. The monoisotopic (exact) mass is 703 g/mol. The van der Waals surface area contributed by atoms with Crippen molar-refractivity contribution in [3.63, 3.8) is 0 Å². The molecule has 4 rings (SSSR count). The number of Topliss-reactive ketones (excluding diaryl/α,β-unsaturated/α-hetero) is 1. The molecule has 2 fully saturated rings. The first-order valence-electron chi connectivity index (χ1n) is 17.2. The molecular formula is C35H53N5O6S2. The molecule has 2 amide bonds.